The highest BCUT2D eigenvalue weighted by atomic mass is 32.5. The summed E-state index contributed by atoms with van der Waals surface area (Å²) in [7, 11) is -0.537. The van der Waals surface area contributed by atoms with Gasteiger partial charge < -0.3 is 18.1 Å². The van der Waals surface area contributed by atoms with Crippen LogP contribution in [0.2, 0.25) is 0 Å². The van der Waals surface area contributed by atoms with Gasteiger partial charge in [-0.3, -0.25) is 4.57 Å². The molecule has 0 N–H and O–H groups in total. The van der Waals surface area contributed by atoms with E-state index < -0.39 is 14.1 Å². The van der Waals surface area contributed by atoms with Gasteiger partial charge in [-0.15, -0.1) is 0 Å². The Labute approximate surface area is 96.1 Å². The van der Waals surface area contributed by atoms with Crippen LogP contribution in [0.5, 0.6) is 0 Å². The molecule has 8 heteroatoms. The molecule has 0 fully saturated rings. The fourth-order valence-corrected chi connectivity index (χ4v) is 3.96. The molecule has 0 spiro atoms. The summed E-state index contributed by atoms with van der Waals surface area (Å²) < 4.78 is 31.8. The Kier molecular flexibility index (Phi) is 7.47. The number of hydrogen-bond acceptors (Lipinski definition) is 6. The fraction of sp³-hybridized carbons (Fsp3) is 1.00. The Hall–Kier alpha value is 0.720. The van der Waals surface area contributed by atoms with Crippen molar-refractivity contribution in [2.24, 2.45) is 0 Å². The highest BCUT2D eigenvalue weighted by Gasteiger charge is 2.26. The van der Waals surface area contributed by atoms with Crippen LogP contribution in [0.3, 0.4) is 0 Å². The van der Waals surface area contributed by atoms with Crippen LogP contribution in [0, 0.1) is 0 Å². The van der Waals surface area contributed by atoms with Crippen molar-refractivity contribution in [2.45, 2.75) is 13.8 Å². The minimum Gasteiger partial charge on any atom is -0.330 e. The summed E-state index contributed by atoms with van der Waals surface area (Å²) in [5.41, 5.74) is 0. The molecule has 0 amide bonds. The van der Waals surface area contributed by atoms with Gasteiger partial charge in [-0.1, -0.05) is 6.92 Å². The largest absolute Gasteiger partial charge is 0.356 e. The van der Waals surface area contributed by atoms with Crippen LogP contribution in [-0.2, 0) is 34.5 Å². The molecule has 0 heterocycles. The topological polar surface area (TPSA) is 54.0 Å². The van der Waals surface area contributed by atoms with Crippen molar-refractivity contribution in [2.75, 3.05) is 33.3 Å². The van der Waals surface area contributed by atoms with E-state index in [2.05, 4.69) is 0 Å². The SMILES string of the molecule is CCOP(=S)(CC)OCP(=O)(OC)OC. The maximum absolute atomic E-state index is 11.7. The molecule has 0 aromatic rings. The fourth-order valence-electron chi connectivity index (χ4n) is 0.755. The van der Waals surface area contributed by atoms with Crippen LogP contribution in [0.15, 0.2) is 0 Å². The summed E-state index contributed by atoms with van der Waals surface area (Å²) >= 11 is 5.20. The lowest BCUT2D eigenvalue weighted by atomic mass is 10.9. The Morgan fingerprint density at radius 3 is 2.00 bits per heavy atom. The average Bonchev–Trinajstić information content (AvgIpc) is 2.26. The molecule has 0 aliphatic heterocycles. The van der Waals surface area contributed by atoms with Crippen LogP contribution in [-0.4, -0.2) is 33.3 Å². The van der Waals surface area contributed by atoms with E-state index in [0.717, 1.165) is 0 Å². The minimum atomic E-state index is -3.16. The molecule has 0 aromatic heterocycles. The van der Waals surface area contributed by atoms with Gasteiger partial charge in [0.05, 0.1) is 6.61 Å². The maximum atomic E-state index is 11.7. The first kappa shape index (κ1) is 15.7. The lowest BCUT2D eigenvalue weighted by Crippen LogP contribution is -2.02. The van der Waals surface area contributed by atoms with Crippen molar-refractivity contribution in [3.8, 4) is 0 Å². The van der Waals surface area contributed by atoms with Gasteiger partial charge in [-0.25, -0.2) is 0 Å². The van der Waals surface area contributed by atoms with Crippen LogP contribution >= 0.6 is 14.1 Å². The monoisotopic (exact) mass is 276 g/mol. The Balaban J connectivity index is 4.34. The van der Waals surface area contributed by atoms with Gasteiger partial charge in [0.15, 0.2) is 12.8 Å². The van der Waals surface area contributed by atoms with Gasteiger partial charge in [0.1, 0.15) is 0 Å². The predicted octanol–water partition coefficient (Wildman–Crippen LogP) is 2.81. The highest BCUT2D eigenvalue weighted by Crippen LogP contribution is 2.55. The van der Waals surface area contributed by atoms with E-state index in [1.165, 1.54) is 14.2 Å². The Morgan fingerprint density at radius 2 is 1.67 bits per heavy atom. The third-order valence-electron chi connectivity index (χ3n) is 1.68. The van der Waals surface area contributed by atoms with Gasteiger partial charge in [-0.05, 0) is 18.7 Å². The summed E-state index contributed by atoms with van der Waals surface area (Å²) in [6, 6.07) is 0. The van der Waals surface area contributed by atoms with Gasteiger partial charge >= 0.3 is 7.60 Å². The standard InChI is InChI=1S/C7H18O5P2S/c1-5-11-14(15,6-2)12-7-13(8,9-3)10-4/h5-7H2,1-4H3. The zero-order valence-electron chi connectivity index (χ0n) is 9.47. The van der Waals surface area contributed by atoms with Crippen molar-refractivity contribution in [1.29, 1.82) is 0 Å². The molecule has 0 aliphatic carbocycles. The third kappa shape index (κ3) is 5.55. The molecule has 92 valence electrons. The molecular formula is C7H18O5P2S. The molecule has 0 saturated carbocycles. The van der Waals surface area contributed by atoms with Crippen molar-refractivity contribution >= 4 is 25.9 Å². The minimum absolute atomic E-state index is 0.162. The second-order valence-corrected chi connectivity index (χ2v) is 8.83. The molecule has 0 radical (unpaired) electrons. The van der Waals surface area contributed by atoms with E-state index in [4.69, 9.17) is 29.9 Å². The Bertz CT molecular complexity index is 262. The Morgan fingerprint density at radius 1 is 1.13 bits per heavy atom. The molecule has 0 aliphatic rings. The molecule has 5 nitrogen and oxygen atoms in total. The van der Waals surface area contributed by atoms with Gasteiger partial charge in [0.2, 0.25) is 0 Å². The zero-order valence-corrected chi connectivity index (χ0v) is 12.1. The second-order valence-electron chi connectivity index (χ2n) is 2.58. The number of hydrogen-bond donors (Lipinski definition) is 0. The molecule has 0 aromatic carbocycles. The van der Waals surface area contributed by atoms with Crippen molar-refractivity contribution in [1.82, 2.24) is 0 Å². The third-order valence-corrected chi connectivity index (χ3v) is 6.80. The van der Waals surface area contributed by atoms with Crippen LogP contribution < -0.4 is 0 Å². The molecule has 0 rings (SSSR count). The lowest BCUT2D eigenvalue weighted by molar-refractivity contribution is 0.227. The second kappa shape index (κ2) is 7.13. The van der Waals surface area contributed by atoms with Crippen LogP contribution in [0.25, 0.3) is 0 Å². The number of rotatable bonds is 8. The van der Waals surface area contributed by atoms with Crippen molar-refractivity contribution in [3.63, 3.8) is 0 Å². The van der Waals surface area contributed by atoms with Crippen molar-refractivity contribution in [3.05, 3.63) is 0 Å². The lowest BCUT2D eigenvalue weighted by Gasteiger charge is -2.22. The van der Waals surface area contributed by atoms with E-state index in [1.807, 2.05) is 13.8 Å². The van der Waals surface area contributed by atoms with Crippen molar-refractivity contribution < 1.29 is 22.7 Å². The normalized spacial score (nSPS) is 16.3. The molecule has 0 saturated heterocycles. The van der Waals surface area contributed by atoms with E-state index in [-0.39, 0.29) is 6.35 Å². The van der Waals surface area contributed by atoms with Gasteiger partial charge in [0, 0.05) is 20.4 Å². The van der Waals surface area contributed by atoms with E-state index in [1.54, 1.807) is 0 Å². The first-order valence-corrected chi connectivity index (χ1v) is 9.09. The highest BCUT2D eigenvalue weighted by molar-refractivity contribution is 8.10. The average molecular weight is 276 g/mol. The first-order valence-electron chi connectivity index (χ1n) is 4.54. The summed E-state index contributed by atoms with van der Waals surface area (Å²) in [5, 5.41) is 0. The van der Waals surface area contributed by atoms with Crippen LogP contribution in [0.1, 0.15) is 13.8 Å². The van der Waals surface area contributed by atoms with E-state index >= 15 is 0 Å². The predicted molar refractivity (Wildman–Crippen MR) is 64.0 cm³/mol. The zero-order chi connectivity index (χ0) is 11.9. The van der Waals surface area contributed by atoms with E-state index in [0.29, 0.717) is 12.8 Å². The summed E-state index contributed by atoms with van der Waals surface area (Å²) in [4.78, 5) is 0. The smallest absolute Gasteiger partial charge is 0.330 e. The van der Waals surface area contributed by atoms with Gasteiger partial charge in [-0.2, -0.15) is 0 Å². The molecular weight excluding hydrogens is 258 g/mol. The summed E-state index contributed by atoms with van der Waals surface area (Å²) in [6.45, 7) is 1.88. The summed E-state index contributed by atoms with van der Waals surface area (Å²) in [6.07, 6.45) is 0.425. The van der Waals surface area contributed by atoms with Gasteiger partial charge in [0.25, 0.3) is 0 Å². The molecule has 1 unspecified atom stereocenters. The quantitative estimate of drug-likeness (QED) is 0.635. The van der Waals surface area contributed by atoms with Crippen LogP contribution in [0.4, 0.5) is 0 Å². The van der Waals surface area contributed by atoms with E-state index in [9.17, 15) is 4.57 Å². The molecule has 0 bridgehead atoms. The summed E-state index contributed by atoms with van der Waals surface area (Å²) in [5.74, 6) is 0. The maximum Gasteiger partial charge on any atom is 0.356 e. The first-order chi connectivity index (χ1) is 6.95. The molecule has 15 heavy (non-hydrogen) atoms. The molecule has 1 atom stereocenters.